The van der Waals surface area contributed by atoms with Crippen LogP contribution >= 0.6 is 0 Å². The molecule has 3 heteroatoms. The SMILES string of the molecule is CCCNCCCCCN1CCCC(OCCC)C1. The number of hydrogen-bond acceptors (Lipinski definition) is 3. The summed E-state index contributed by atoms with van der Waals surface area (Å²) >= 11 is 0. The molecule has 1 rings (SSSR count). The number of unbranched alkanes of at least 4 members (excludes halogenated alkanes) is 2. The number of piperidine rings is 1. The molecule has 1 unspecified atom stereocenters. The zero-order chi connectivity index (χ0) is 13.8. The van der Waals surface area contributed by atoms with E-state index in [1.807, 2.05) is 0 Å². The smallest absolute Gasteiger partial charge is 0.0702 e. The summed E-state index contributed by atoms with van der Waals surface area (Å²) in [6, 6.07) is 0. The van der Waals surface area contributed by atoms with Gasteiger partial charge in [-0.15, -0.1) is 0 Å². The van der Waals surface area contributed by atoms with Crippen LogP contribution in [0.4, 0.5) is 0 Å². The lowest BCUT2D eigenvalue weighted by Crippen LogP contribution is -2.40. The first kappa shape index (κ1) is 16.9. The Kier molecular flexibility index (Phi) is 10.4. The summed E-state index contributed by atoms with van der Waals surface area (Å²) in [6.07, 6.45) is 9.48. The molecule has 1 saturated heterocycles. The molecule has 1 aliphatic heterocycles. The van der Waals surface area contributed by atoms with E-state index >= 15 is 0 Å². The minimum Gasteiger partial charge on any atom is -0.377 e. The molecule has 1 fully saturated rings. The Labute approximate surface area is 120 Å². The highest BCUT2D eigenvalue weighted by Gasteiger charge is 2.19. The molecule has 1 heterocycles. The molecule has 0 aliphatic carbocycles. The third-order valence-electron chi connectivity index (χ3n) is 3.77. The van der Waals surface area contributed by atoms with E-state index in [4.69, 9.17) is 4.74 Å². The van der Waals surface area contributed by atoms with Crippen molar-refractivity contribution in [3.63, 3.8) is 0 Å². The van der Waals surface area contributed by atoms with E-state index in [0.29, 0.717) is 6.10 Å². The molecular formula is C16H34N2O. The summed E-state index contributed by atoms with van der Waals surface area (Å²) in [5.74, 6) is 0. The average Bonchev–Trinajstić information content (AvgIpc) is 2.44. The highest BCUT2D eigenvalue weighted by atomic mass is 16.5. The average molecular weight is 270 g/mol. The van der Waals surface area contributed by atoms with Crippen LogP contribution in [0.15, 0.2) is 0 Å². The molecule has 0 aromatic rings. The molecule has 0 radical (unpaired) electrons. The third-order valence-corrected chi connectivity index (χ3v) is 3.77. The quantitative estimate of drug-likeness (QED) is 0.584. The van der Waals surface area contributed by atoms with Gasteiger partial charge in [0.15, 0.2) is 0 Å². The van der Waals surface area contributed by atoms with Gasteiger partial charge in [-0.1, -0.05) is 20.3 Å². The molecule has 0 amide bonds. The Morgan fingerprint density at radius 3 is 2.79 bits per heavy atom. The van der Waals surface area contributed by atoms with Gasteiger partial charge < -0.3 is 15.0 Å². The minimum absolute atomic E-state index is 0.500. The van der Waals surface area contributed by atoms with E-state index in [2.05, 4.69) is 24.1 Å². The maximum atomic E-state index is 5.88. The van der Waals surface area contributed by atoms with Gasteiger partial charge in [0.2, 0.25) is 0 Å². The van der Waals surface area contributed by atoms with E-state index in [0.717, 1.165) is 19.6 Å². The molecule has 0 aromatic carbocycles. The molecule has 1 aliphatic rings. The van der Waals surface area contributed by atoms with E-state index in [1.165, 1.54) is 64.7 Å². The van der Waals surface area contributed by atoms with Gasteiger partial charge in [-0.25, -0.2) is 0 Å². The second kappa shape index (κ2) is 11.7. The largest absolute Gasteiger partial charge is 0.377 e. The lowest BCUT2D eigenvalue weighted by Gasteiger charge is -2.32. The van der Waals surface area contributed by atoms with E-state index in [1.54, 1.807) is 0 Å². The standard InChI is InChI=1S/C16H34N2O/c1-3-10-17-11-6-5-7-12-18-13-8-9-16(15-18)19-14-4-2/h16-17H,3-15H2,1-2H3. The maximum Gasteiger partial charge on any atom is 0.0702 e. The van der Waals surface area contributed by atoms with Crippen molar-refractivity contribution in [2.45, 2.75) is 64.9 Å². The van der Waals surface area contributed by atoms with Gasteiger partial charge in [0.05, 0.1) is 6.10 Å². The molecule has 114 valence electrons. The van der Waals surface area contributed by atoms with E-state index < -0.39 is 0 Å². The monoisotopic (exact) mass is 270 g/mol. The van der Waals surface area contributed by atoms with Gasteiger partial charge in [0.25, 0.3) is 0 Å². The summed E-state index contributed by atoms with van der Waals surface area (Å²) < 4.78 is 5.88. The second-order valence-electron chi connectivity index (χ2n) is 5.75. The molecule has 1 N–H and O–H groups in total. The van der Waals surface area contributed by atoms with Crippen LogP contribution in [0, 0.1) is 0 Å². The molecule has 0 spiro atoms. The van der Waals surface area contributed by atoms with Gasteiger partial charge in [-0.2, -0.15) is 0 Å². The minimum atomic E-state index is 0.500. The predicted octanol–water partition coefficient (Wildman–Crippen LogP) is 3.05. The van der Waals surface area contributed by atoms with Crippen LogP contribution in [0.2, 0.25) is 0 Å². The highest BCUT2D eigenvalue weighted by molar-refractivity contribution is 4.73. The fourth-order valence-electron chi connectivity index (χ4n) is 2.70. The Morgan fingerprint density at radius 1 is 1.11 bits per heavy atom. The summed E-state index contributed by atoms with van der Waals surface area (Å²) in [7, 11) is 0. The van der Waals surface area contributed by atoms with Gasteiger partial charge in [0, 0.05) is 13.2 Å². The number of nitrogens with one attached hydrogen (secondary N) is 1. The summed E-state index contributed by atoms with van der Waals surface area (Å²) in [4.78, 5) is 2.60. The van der Waals surface area contributed by atoms with Crippen molar-refractivity contribution in [3.05, 3.63) is 0 Å². The van der Waals surface area contributed by atoms with Crippen LogP contribution in [-0.2, 0) is 4.74 Å². The second-order valence-corrected chi connectivity index (χ2v) is 5.75. The first-order valence-electron chi connectivity index (χ1n) is 8.41. The molecule has 0 aromatic heterocycles. The third kappa shape index (κ3) is 8.61. The fourth-order valence-corrected chi connectivity index (χ4v) is 2.70. The molecular weight excluding hydrogens is 236 g/mol. The summed E-state index contributed by atoms with van der Waals surface area (Å²) in [6.45, 7) is 11.4. The molecule has 0 saturated carbocycles. The van der Waals surface area contributed by atoms with Crippen molar-refractivity contribution in [2.24, 2.45) is 0 Å². The number of nitrogens with zero attached hydrogens (tertiary/aromatic N) is 1. The van der Waals surface area contributed by atoms with Crippen molar-refractivity contribution in [2.75, 3.05) is 39.3 Å². The van der Waals surface area contributed by atoms with Crippen molar-refractivity contribution < 1.29 is 4.74 Å². The van der Waals surface area contributed by atoms with E-state index in [-0.39, 0.29) is 0 Å². The fraction of sp³-hybridized carbons (Fsp3) is 1.00. The maximum absolute atomic E-state index is 5.88. The number of likely N-dealkylation sites (tertiary alicyclic amines) is 1. The Bertz CT molecular complexity index is 199. The Balaban J connectivity index is 1.96. The summed E-state index contributed by atoms with van der Waals surface area (Å²) in [5.41, 5.74) is 0. The zero-order valence-corrected chi connectivity index (χ0v) is 13.1. The first-order chi connectivity index (χ1) is 9.36. The van der Waals surface area contributed by atoms with Crippen molar-refractivity contribution in [1.29, 1.82) is 0 Å². The van der Waals surface area contributed by atoms with Crippen LogP contribution < -0.4 is 5.32 Å². The van der Waals surface area contributed by atoms with Crippen LogP contribution in [0.3, 0.4) is 0 Å². The highest BCUT2D eigenvalue weighted by Crippen LogP contribution is 2.14. The summed E-state index contributed by atoms with van der Waals surface area (Å²) in [5, 5.41) is 3.47. The molecule has 3 nitrogen and oxygen atoms in total. The predicted molar refractivity (Wildman–Crippen MR) is 82.7 cm³/mol. The topological polar surface area (TPSA) is 24.5 Å². The normalized spacial score (nSPS) is 20.8. The number of ether oxygens (including phenoxy) is 1. The lowest BCUT2D eigenvalue weighted by atomic mass is 10.1. The van der Waals surface area contributed by atoms with Crippen LogP contribution in [0.5, 0.6) is 0 Å². The Hall–Kier alpha value is -0.120. The molecule has 1 atom stereocenters. The van der Waals surface area contributed by atoms with Gasteiger partial charge in [-0.3, -0.25) is 0 Å². The van der Waals surface area contributed by atoms with Gasteiger partial charge in [0.1, 0.15) is 0 Å². The van der Waals surface area contributed by atoms with Gasteiger partial charge in [-0.05, 0) is 64.7 Å². The van der Waals surface area contributed by atoms with Crippen molar-refractivity contribution >= 4 is 0 Å². The first-order valence-corrected chi connectivity index (χ1v) is 8.41. The zero-order valence-electron chi connectivity index (χ0n) is 13.1. The van der Waals surface area contributed by atoms with Crippen molar-refractivity contribution in [1.82, 2.24) is 10.2 Å². The lowest BCUT2D eigenvalue weighted by molar-refractivity contribution is -0.000352. The number of rotatable bonds is 11. The van der Waals surface area contributed by atoms with Gasteiger partial charge >= 0.3 is 0 Å². The number of hydrogen-bond donors (Lipinski definition) is 1. The van der Waals surface area contributed by atoms with Crippen LogP contribution in [0.25, 0.3) is 0 Å². The van der Waals surface area contributed by atoms with Crippen molar-refractivity contribution in [3.8, 4) is 0 Å². The molecule has 19 heavy (non-hydrogen) atoms. The molecule has 0 bridgehead atoms. The van der Waals surface area contributed by atoms with Crippen LogP contribution in [0.1, 0.15) is 58.8 Å². The Morgan fingerprint density at radius 2 is 2.00 bits per heavy atom. The van der Waals surface area contributed by atoms with E-state index in [9.17, 15) is 0 Å². The van der Waals surface area contributed by atoms with Crippen LogP contribution in [-0.4, -0.2) is 50.3 Å².